The molecular weight excluding hydrogens is 375 g/mol. The Kier molecular flexibility index (Phi) is 5.01. The van der Waals surface area contributed by atoms with Crippen molar-refractivity contribution in [3.8, 4) is 0 Å². The van der Waals surface area contributed by atoms with Gasteiger partial charge in [-0.15, -0.1) is 0 Å². The number of nitrogens with one attached hydrogen (secondary N) is 2. The minimum atomic E-state index is 0.204. The minimum absolute atomic E-state index is 0.204. The van der Waals surface area contributed by atoms with Crippen LogP contribution in [0, 0.1) is 0 Å². The maximum absolute atomic E-state index is 6.07. The van der Waals surface area contributed by atoms with Gasteiger partial charge < -0.3 is 15.4 Å². The van der Waals surface area contributed by atoms with Gasteiger partial charge in [-0.05, 0) is 31.0 Å². The van der Waals surface area contributed by atoms with Crippen LogP contribution >= 0.6 is 23.2 Å². The molecule has 0 amide bonds. The smallest absolute Gasteiger partial charge is 0.223 e. The third-order valence-corrected chi connectivity index (χ3v) is 4.81. The Morgan fingerprint density at radius 1 is 1.15 bits per heavy atom. The third-order valence-electron chi connectivity index (χ3n) is 4.07. The normalized spacial score (nSPS) is 16.8. The zero-order valence-corrected chi connectivity index (χ0v) is 15.3. The van der Waals surface area contributed by atoms with Gasteiger partial charge in [0.15, 0.2) is 5.82 Å². The Hall–Kier alpha value is -2.22. The molecule has 0 saturated carbocycles. The van der Waals surface area contributed by atoms with Crippen LogP contribution in [0.3, 0.4) is 0 Å². The average molecular weight is 391 g/mol. The minimum Gasteiger partial charge on any atom is -0.376 e. The third kappa shape index (κ3) is 3.80. The Bertz CT molecular complexity index is 932. The monoisotopic (exact) mass is 390 g/mol. The van der Waals surface area contributed by atoms with Crippen LogP contribution in [0.25, 0.3) is 11.0 Å². The van der Waals surface area contributed by atoms with Crippen LogP contribution in [0.1, 0.15) is 12.8 Å². The standard InChI is InChI=1S/C17H16Cl2N6O/c18-12-4-3-10(6-13(12)19)24-16-15-14(22-9-23-16)8-21-17(25-15)20-7-11-2-1-5-26-11/h3-4,6,8-9,11H,1-2,5,7H2,(H,20,21,25)(H,22,23,24). The summed E-state index contributed by atoms with van der Waals surface area (Å²) in [6.45, 7) is 1.49. The molecule has 4 rings (SSSR count). The van der Waals surface area contributed by atoms with Crippen molar-refractivity contribution in [1.29, 1.82) is 0 Å². The molecule has 0 bridgehead atoms. The number of hydrogen-bond donors (Lipinski definition) is 2. The summed E-state index contributed by atoms with van der Waals surface area (Å²) < 4.78 is 5.61. The van der Waals surface area contributed by atoms with E-state index in [9.17, 15) is 0 Å². The van der Waals surface area contributed by atoms with E-state index in [-0.39, 0.29) is 6.10 Å². The van der Waals surface area contributed by atoms with E-state index in [1.54, 1.807) is 18.3 Å². The van der Waals surface area contributed by atoms with Crippen molar-refractivity contribution in [1.82, 2.24) is 19.9 Å². The lowest BCUT2D eigenvalue weighted by Crippen LogP contribution is -2.19. The van der Waals surface area contributed by atoms with Crippen LogP contribution in [0.5, 0.6) is 0 Å². The van der Waals surface area contributed by atoms with Gasteiger partial charge in [-0.3, -0.25) is 0 Å². The molecule has 2 aromatic heterocycles. The molecule has 3 heterocycles. The fourth-order valence-electron chi connectivity index (χ4n) is 2.75. The van der Waals surface area contributed by atoms with Gasteiger partial charge in [-0.2, -0.15) is 0 Å². The van der Waals surface area contributed by atoms with E-state index >= 15 is 0 Å². The average Bonchev–Trinajstić information content (AvgIpc) is 3.17. The van der Waals surface area contributed by atoms with Crippen molar-refractivity contribution in [2.75, 3.05) is 23.8 Å². The van der Waals surface area contributed by atoms with Crippen molar-refractivity contribution in [2.24, 2.45) is 0 Å². The van der Waals surface area contributed by atoms with Crippen molar-refractivity contribution >= 4 is 51.7 Å². The molecule has 1 saturated heterocycles. The highest BCUT2D eigenvalue weighted by Gasteiger charge is 2.16. The molecular formula is C17H16Cl2N6O. The molecule has 1 aliphatic heterocycles. The van der Waals surface area contributed by atoms with Gasteiger partial charge in [0, 0.05) is 18.8 Å². The Morgan fingerprint density at radius 2 is 2.08 bits per heavy atom. The highest BCUT2D eigenvalue weighted by molar-refractivity contribution is 6.42. The number of fused-ring (bicyclic) bond motifs is 1. The fraction of sp³-hybridized carbons (Fsp3) is 0.294. The summed E-state index contributed by atoms with van der Waals surface area (Å²) in [6.07, 6.45) is 5.48. The van der Waals surface area contributed by atoms with Gasteiger partial charge in [0.2, 0.25) is 5.95 Å². The first-order valence-electron chi connectivity index (χ1n) is 8.24. The molecule has 3 aromatic rings. The van der Waals surface area contributed by atoms with Crippen LogP contribution in [-0.2, 0) is 4.74 Å². The molecule has 1 aliphatic rings. The van der Waals surface area contributed by atoms with Gasteiger partial charge >= 0.3 is 0 Å². The summed E-state index contributed by atoms with van der Waals surface area (Å²) >= 11 is 12.0. The summed E-state index contributed by atoms with van der Waals surface area (Å²) in [5.41, 5.74) is 2.01. The molecule has 1 fully saturated rings. The van der Waals surface area contributed by atoms with E-state index < -0.39 is 0 Å². The largest absolute Gasteiger partial charge is 0.376 e. The maximum Gasteiger partial charge on any atom is 0.223 e. The second-order valence-electron chi connectivity index (χ2n) is 5.92. The molecule has 0 radical (unpaired) electrons. The number of benzene rings is 1. The first-order chi connectivity index (χ1) is 12.7. The van der Waals surface area contributed by atoms with Crippen LogP contribution in [0.15, 0.2) is 30.7 Å². The van der Waals surface area contributed by atoms with E-state index in [0.717, 1.165) is 25.1 Å². The molecule has 0 spiro atoms. The Balaban J connectivity index is 1.59. The number of nitrogens with zero attached hydrogens (tertiary/aromatic N) is 4. The summed E-state index contributed by atoms with van der Waals surface area (Å²) in [7, 11) is 0. The molecule has 9 heteroatoms. The first-order valence-corrected chi connectivity index (χ1v) is 9.00. The maximum atomic E-state index is 6.07. The van der Waals surface area contributed by atoms with E-state index in [4.69, 9.17) is 27.9 Å². The Labute approximate surface area is 160 Å². The van der Waals surface area contributed by atoms with Crippen LogP contribution in [0.2, 0.25) is 10.0 Å². The quantitative estimate of drug-likeness (QED) is 0.678. The molecule has 134 valence electrons. The predicted molar refractivity (Wildman–Crippen MR) is 102 cm³/mol. The molecule has 1 aromatic carbocycles. The molecule has 7 nitrogen and oxygen atoms in total. The van der Waals surface area contributed by atoms with Gasteiger partial charge in [0.25, 0.3) is 0 Å². The number of rotatable bonds is 5. The molecule has 1 atom stereocenters. The van der Waals surface area contributed by atoms with Crippen LogP contribution in [-0.4, -0.2) is 39.2 Å². The van der Waals surface area contributed by atoms with Gasteiger partial charge in [0.1, 0.15) is 17.4 Å². The molecule has 1 unspecified atom stereocenters. The van der Waals surface area contributed by atoms with Crippen LogP contribution in [0.4, 0.5) is 17.5 Å². The van der Waals surface area contributed by atoms with E-state index in [1.165, 1.54) is 6.33 Å². The lowest BCUT2D eigenvalue weighted by Gasteiger charge is -2.12. The second-order valence-corrected chi connectivity index (χ2v) is 6.73. The molecule has 0 aliphatic carbocycles. The van der Waals surface area contributed by atoms with Crippen molar-refractivity contribution in [3.63, 3.8) is 0 Å². The SMILES string of the molecule is Clc1ccc(Nc2ncnc3cnc(NCC4CCCO4)nc23)cc1Cl. The van der Waals surface area contributed by atoms with Crippen LogP contribution < -0.4 is 10.6 Å². The van der Waals surface area contributed by atoms with E-state index in [2.05, 4.69) is 30.6 Å². The lowest BCUT2D eigenvalue weighted by molar-refractivity contribution is 0.120. The highest BCUT2D eigenvalue weighted by Crippen LogP contribution is 2.28. The summed E-state index contributed by atoms with van der Waals surface area (Å²) in [4.78, 5) is 17.4. The summed E-state index contributed by atoms with van der Waals surface area (Å²) in [5.74, 6) is 1.08. The summed E-state index contributed by atoms with van der Waals surface area (Å²) in [6, 6.07) is 5.27. The summed E-state index contributed by atoms with van der Waals surface area (Å²) in [5, 5.41) is 7.37. The molecule has 26 heavy (non-hydrogen) atoms. The van der Waals surface area contributed by atoms with Crippen molar-refractivity contribution < 1.29 is 4.74 Å². The number of anilines is 3. The van der Waals surface area contributed by atoms with Gasteiger partial charge in [-0.25, -0.2) is 19.9 Å². The number of ether oxygens (including phenoxy) is 1. The number of hydrogen-bond acceptors (Lipinski definition) is 7. The van der Waals surface area contributed by atoms with Gasteiger partial charge in [0.05, 0.1) is 22.3 Å². The highest BCUT2D eigenvalue weighted by atomic mass is 35.5. The topological polar surface area (TPSA) is 84.9 Å². The zero-order valence-electron chi connectivity index (χ0n) is 13.7. The zero-order chi connectivity index (χ0) is 17.9. The molecule has 2 N–H and O–H groups in total. The second kappa shape index (κ2) is 7.57. The number of aromatic nitrogens is 4. The number of halogens is 2. The van der Waals surface area contributed by atoms with Crippen molar-refractivity contribution in [3.05, 3.63) is 40.8 Å². The predicted octanol–water partition coefficient (Wildman–Crippen LogP) is 4.06. The van der Waals surface area contributed by atoms with Crippen molar-refractivity contribution in [2.45, 2.75) is 18.9 Å². The van der Waals surface area contributed by atoms with E-state index in [0.29, 0.717) is 39.4 Å². The van der Waals surface area contributed by atoms with E-state index in [1.807, 2.05) is 6.07 Å². The lowest BCUT2D eigenvalue weighted by atomic mass is 10.2. The Morgan fingerprint density at radius 3 is 2.88 bits per heavy atom. The first kappa shape index (κ1) is 17.2. The van der Waals surface area contributed by atoms with Gasteiger partial charge in [-0.1, -0.05) is 23.2 Å². The fourth-order valence-corrected chi connectivity index (χ4v) is 3.05.